The third-order valence-corrected chi connectivity index (χ3v) is 8.54. The molecule has 7 nitrogen and oxygen atoms in total. The molecule has 1 heterocycles. The van der Waals surface area contributed by atoms with Crippen LogP contribution in [0.3, 0.4) is 0 Å². The van der Waals surface area contributed by atoms with Gasteiger partial charge in [-0.05, 0) is 73.6 Å². The van der Waals surface area contributed by atoms with Crippen molar-refractivity contribution >= 4 is 45.2 Å². The molecule has 0 radical (unpaired) electrons. The Labute approximate surface area is 211 Å². The maximum atomic E-state index is 13.1. The molecular weight excluding hydrogens is 501 g/mol. The molecular formula is C23H35ClFN3O4S2. The van der Waals surface area contributed by atoms with Gasteiger partial charge in [0, 0.05) is 19.5 Å². The van der Waals surface area contributed by atoms with Crippen molar-refractivity contribution in [2.24, 2.45) is 11.8 Å². The summed E-state index contributed by atoms with van der Waals surface area (Å²) in [6, 6.07) is 2.53. The predicted molar refractivity (Wildman–Crippen MR) is 135 cm³/mol. The zero-order chi connectivity index (χ0) is 25.1. The van der Waals surface area contributed by atoms with E-state index in [4.69, 9.17) is 11.6 Å². The van der Waals surface area contributed by atoms with E-state index in [1.165, 1.54) is 0 Å². The molecule has 192 valence electrons. The third-order valence-electron chi connectivity index (χ3n) is 5.55. The lowest BCUT2D eigenvalue weighted by Gasteiger charge is -2.24. The van der Waals surface area contributed by atoms with Gasteiger partial charge in [-0.15, -0.1) is 0 Å². The van der Waals surface area contributed by atoms with E-state index in [9.17, 15) is 22.4 Å². The van der Waals surface area contributed by atoms with Crippen LogP contribution in [-0.4, -0.2) is 50.9 Å². The second-order valence-corrected chi connectivity index (χ2v) is 12.3. The molecule has 11 heteroatoms. The number of sulfonamides is 1. The van der Waals surface area contributed by atoms with Crippen LogP contribution in [0.5, 0.6) is 0 Å². The van der Waals surface area contributed by atoms with Crippen molar-refractivity contribution in [1.29, 1.82) is 0 Å². The molecule has 0 saturated carbocycles. The lowest BCUT2D eigenvalue weighted by atomic mass is 9.97. The van der Waals surface area contributed by atoms with Crippen molar-refractivity contribution in [1.82, 2.24) is 15.4 Å². The second-order valence-electron chi connectivity index (χ2n) is 8.98. The van der Waals surface area contributed by atoms with Crippen molar-refractivity contribution < 1.29 is 22.4 Å². The van der Waals surface area contributed by atoms with Crippen LogP contribution in [0.25, 0.3) is 0 Å². The Morgan fingerprint density at radius 3 is 2.50 bits per heavy atom. The molecule has 1 aliphatic rings. The topological polar surface area (TPSA) is 104 Å². The fourth-order valence-corrected chi connectivity index (χ4v) is 6.54. The van der Waals surface area contributed by atoms with Gasteiger partial charge < -0.3 is 10.6 Å². The first kappa shape index (κ1) is 28.9. The second kappa shape index (κ2) is 14.3. The highest BCUT2D eigenvalue weighted by Crippen LogP contribution is 2.25. The zero-order valence-corrected chi connectivity index (χ0v) is 22.1. The third kappa shape index (κ3) is 10.1. The number of hydrogen-bond acceptors (Lipinski definition) is 5. The smallest absolute Gasteiger partial charge is 0.242 e. The van der Waals surface area contributed by atoms with E-state index in [1.54, 1.807) is 0 Å². The summed E-state index contributed by atoms with van der Waals surface area (Å²) in [5, 5.41) is 5.57. The molecule has 0 spiro atoms. The maximum absolute atomic E-state index is 13.1. The van der Waals surface area contributed by atoms with Crippen molar-refractivity contribution in [2.45, 2.75) is 63.3 Å². The lowest BCUT2D eigenvalue weighted by Crippen LogP contribution is -2.48. The van der Waals surface area contributed by atoms with Gasteiger partial charge in [-0.3, -0.25) is 9.59 Å². The number of unbranched alkanes of at least 4 members (excludes halogenated alkanes) is 1. The minimum Gasteiger partial charge on any atom is -0.354 e. The summed E-state index contributed by atoms with van der Waals surface area (Å²) in [6.07, 6.45) is 4.12. The van der Waals surface area contributed by atoms with Gasteiger partial charge in [-0.25, -0.2) is 17.5 Å². The average molecular weight is 536 g/mol. The van der Waals surface area contributed by atoms with Gasteiger partial charge in [0.15, 0.2) is 0 Å². The number of nitrogens with one attached hydrogen (secondary N) is 3. The van der Waals surface area contributed by atoms with E-state index in [1.807, 2.05) is 25.6 Å². The van der Waals surface area contributed by atoms with Crippen LogP contribution in [0.15, 0.2) is 23.1 Å². The number of halogens is 2. The van der Waals surface area contributed by atoms with Crippen LogP contribution in [0.2, 0.25) is 5.02 Å². The summed E-state index contributed by atoms with van der Waals surface area (Å²) in [5.41, 5.74) is 0. The SMILES string of the molecule is CC(C)C[C@H](NC(=O)CC1CCSCC1)C(=O)NCCCCNS(=O)(=O)c1ccc(F)cc1Cl. The Balaban J connectivity index is 1.73. The Hall–Kier alpha value is -1.36. The summed E-state index contributed by atoms with van der Waals surface area (Å²) in [5.74, 6) is 1.89. The van der Waals surface area contributed by atoms with Crippen LogP contribution in [0, 0.1) is 17.7 Å². The van der Waals surface area contributed by atoms with Crippen LogP contribution >= 0.6 is 23.4 Å². The lowest BCUT2D eigenvalue weighted by molar-refractivity contribution is -0.129. The number of benzene rings is 1. The van der Waals surface area contributed by atoms with Crippen LogP contribution in [-0.2, 0) is 19.6 Å². The molecule has 1 aromatic rings. The molecule has 0 bridgehead atoms. The molecule has 34 heavy (non-hydrogen) atoms. The number of thioether (sulfide) groups is 1. The number of carbonyl (C=O) groups excluding carboxylic acids is 2. The van der Waals surface area contributed by atoms with Gasteiger partial charge in [0.05, 0.1) is 5.02 Å². The van der Waals surface area contributed by atoms with E-state index in [0.29, 0.717) is 38.1 Å². The molecule has 1 fully saturated rings. The first-order valence-corrected chi connectivity index (χ1v) is 14.7. The highest BCUT2D eigenvalue weighted by Gasteiger charge is 2.24. The molecule has 3 N–H and O–H groups in total. The zero-order valence-electron chi connectivity index (χ0n) is 19.7. The van der Waals surface area contributed by atoms with Crippen LogP contribution < -0.4 is 15.4 Å². The quantitative estimate of drug-likeness (QED) is 0.334. The number of rotatable bonds is 13. The highest BCUT2D eigenvalue weighted by atomic mass is 35.5. The number of carbonyl (C=O) groups is 2. The minimum absolute atomic E-state index is 0.0773. The molecule has 1 aliphatic heterocycles. The van der Waals surface area contributed by atoms with Gasteiger partial charge in [-0.2, -0.15) is 11.8 Å². The molecule has 2 amide bonds. The largest absolute Gasteiger partial charge is 0.354 e. The molecule has 1 aromatic carbocycles. The van der Waals surface area contributed by atoms with Crippen LogP contribution in [0.1, 0.15) is 52.4 Å². The Morgan fingerprint density at radius 2 is 1.85 bits per heavy atom. The van der Waals surface area contributed by atoms with Crippen LogP contribution in [0.4, 0.5) is 4.39 Å². The first-order chi connectivity index (χ1) is 16.1. The summed E-state index contributed by atoms with van der Waals surface area (Å²) >= 11 is 7.75. The van der Waals surface area contributed by atoms with E-state index < -0.39 is 21.9 Å². The summed E-state index contributed by atoms with van der Waals surface area (Å²) in [7, 11) is -3.85. The van der Waals surface area contributed by atoms with Crippen molar-refractivity contribution in [3.63, 3.8) is 0 Å². The molecule has 1 atom stereocenters. The molecule has 1 saturated heterocycles. The predicted octanol–water partition coefficient (Wildman–Crippen LogP) is 3.72. The molecule has 0 aliphatic carbocycles. The Bertz CT molecular complexity index is 925. The standard InChI is InChI=1S/C23H35ClFN3O4S2/c1-16(2)13-20(28-22(29)14-17-7-11-33-12-8-17)23(30)26-9-3-4-10-27-34(31,32)21-6-5-18(25)15-19(21)24/h5-6,15-17,20,27H,3-4,7-14H2,1-2H3,(H,26,30)(H,28,29)/t20-/m0/s1. The van der Waals surface area contributed by atoms with E-state index in [-0.39, 0.29) is 34.2 Å². The summed E-state index contributed by atoms with van der Waals surface area (Å²) < 4.78 is 40.2. The highest BCUT2D eigenvalue weighted by molar-refractivity contribution is 7.99. The molecule has 0 aromatic heterocycles. The van der Waals surface area contributed by atoms with E-state index in [0.717, 1.165) is 42.5 Å². The summed E-state index contributed by atoms with van der Waals surface area (Å²) in [4.78, 5) is 25.0. The van der Waals surface area contributed by atoms with Gasteiger partial charge in [-0.1, -0.05) is 25.4 Å². The fourth-order valence-electron chi connectivity index (χ4n) is 3.73. The van der Waals surface area contributed by atoms with Gasteiger partial charge in [0.25, 0.3) is 0 Å². The van der Waals surface area contributed by atoms with Crippen molar-refractivity contribution in [3.8, 4) is 0 Å². The van der Waals surface area contributed by atoms with Gasteiger partial charge in [0.1, 0.15) is 16.8 Å². The minimum atomic E-state index is -3.85. The Morgan fingerprint density at radius 1 is 1.18 bits per heavy atom. The maximum Gasteiger partial charge on any atom is 0.242 e. The van der Waals surface area contributed by atoms with Crippen molar-refractivity contribution in [2.75, 3.05) is 24.6 Å². The monoisotopic (exact) mass is 535 g/mol. The van der Waals surface area contributed by atoms with Crippen molar-refractivity contribution in [3.05, 3.63) is 29.0 Å². The van der Waals surface area contributed by atoms with Gasteiger partial charge >= 0.3 is 0 Å². The van der Waals surface area contributed by atoms with E-state index >= 15 is 0 Å². The fraction of sp³-hybridized carbons (Fsp3) is 0.652. The average Bonchev–Trinajstić information content (AvgIpc) is 2.75. The van der Waals surface area contributed by atoms with E-state index in [2.05, 4.69) is 15.4 Å². The van der Waals surface area contributed by atoms with Gasteiger partial charge in [0.2, 0.25) is 21.8 Å². The number of hydrogen-bond donors (Lipinski definition) is 3. The normalized spacial score (nSPS) is 15.8. The summed E-state index contributed by atoms with van der Waals surface area (Å²) in [6.45, 7) is 4.52. The Kier molecular flexibility index (Phi) is 12.1. The molecule has 0 unspecified atom stereocenters. The first-order valence-electron chi connectivity index (χ1n) is 11.7. The number of amides is 2. The molecule has 2 rings (SSSR count).